The quantitative estimate of drug-likeness (QED) is 0.748. The van der Waals surface area contributed by atoms with Crippen LogP contribution in [0.25, 0.3) is 0 Å². The summed E-state index contributed by atoms with van der Waals surface area (Å²) in [5.41, 5.74) is 5.59. The molecule has 2 atom stereocenters. The number of hydrogen-bond acceptors (Lipinski definition) is 3. The molecule has 2 fully saturated rings. The second kappa shape index (κ2) is 4.94. The van der Waals surface area contributed by atoms with E-state index in [0.717, 1.165) is 13.0 Å². The molecular weight excluding hydrogens is 216 g/mol. The molecular formula is C13H24N2O2. The average molecular weight is 240 g/mol. The minimum Gasteiger partial charge on any atom is -0.381 e. The molecule has 2 rings (SSSR count). The van der Waals surface area contributed by atoms with Gasteiger partial charge in [0.15, 0.2) is 0 Å². The highest BCUT2D eigenvalue weighted by atomic mass is 16.5. The Morgan fingerprint density at radius 1 is 1.29 bits per heavy atom. The van der Waals surface area contributed by atoms with Crippen LogP contribution in [0.5, 0.6) is 0 Å². The van der Waals surface area contributed by atoms with Crippen molar-refractivity contribution in [2.45, 2.75) is 51.1 Å². The van der Waals surface area contributed by atoms with Gasteiger partial charge < -0.3 is 15.4 Å². The molecule has 2 aliphatic heterocycles. The normalized spacial score (nSPS) is 33.5. The van der Waals surface area contributed by atoms with Gasteiger partial charge in [-0.1, -0.05) is 6.92 Å². The highest BCUT2D eigenvalue weighted by Crippen LogP contribution is 2.27. The Morgan fingerprint density at radius 2 is 1.94 bits per heavy atom. The molecule has 0 aromatic carbocycles. The molecule has 0 saturated carbocycles. The third-order valence-corrected chi connectivity index (χ3v) is 4.19. The minimum atomic E-state index is -0.677. The van der Waals surface area contributed by atoms with Crippen molar-refractivity contribution in [2.75, 3.05) is 19.8 Å². The van der Waals surface area contributed by atoms with Gasteiger partial charge in [0.2, 0.25) is 5.91 Å². The first-order chi connectivity index (χ1) is 8.03. The molecule has 0 radical (unpaired) electrons. The van der Waals surface area contributed by atoms with Gasteiger partial charge in [-0.05, 0) is 38.5 Å². The van der Waals surface area contributed by atoms with Crippen molar-refractivity contribution in [1.82, 2.24) is 4.90 Å². The average Bonchev–Trinajstić information content (AvgIpc) is 2.32. The van der Waals surface area contributed by atoms with E-state index in [9.17, 15) is 4.79 Å². The van der Waals surface area contributed by atoms with Gasteiger partial charge in [0.25, 0.3) is 0 Å². The molecule has 0 aromatic heterocycles. The number of carbonyl (C=O) groups is 1. The van der Waals surface area contributed by atoms with Crippen LogP contribution in [-0.2, 0) is 9.53 Å². The molecule has 2 heterocycles. The first kappa shape index (κ1) is 12.8. The van der Waals surface area contributed by atoms with Gasteiger partial charge in [-0.2, -0.15) is 0 Å². The maximum Gasteiger partial charge on any atom is 0.243 e. The van der Waals surface area contributed by atoms with Crippen LogP contribution in [-0.4, -0.2) is 42.1 Å². The van der Waals surface area contributed by atoms with Crippen LogP contribution in [0.3, 0.4) is 0 Å². The lowest BCUT2D eigenvalue weighted by molar-refractivity contribution is -0.145. The van der Waals surface area contributed by atoms with Crippen molar-refractivity contribution < 1.29 is 9.53 Å². The van der Waals surface area contributed by atoms with Crippen LogP contribution in [0, 0.1) is 5.92 Å². The van der Waals surface area contributed by atoms with Crippen molar-refractivity contribution in [3.05, 3.63) is 0 Å². The lowest BCUT2D eigenvalue weighted by Crippen LogP contribution is -2.61. The lowest BCUT2D eigenvalue weighted by Gasteiger charge is -2.43. The van der Waals surface area contributed by atoms with E-state index in [1.807, 2.05) is 4.90 Å². The summed E-state index contributed by atoms with van der Waals surface area (Å²) in [6.45, 7) is 6.42. The topological polar surface area (TPSA) is 55.6 Å². The first-order valence-corrected chi connectivity index (χ1v) is 6.70. The van der Waals surface area contributed by atoms with Crippen LogP contribution >= 0.6 is 0 Å². The Balaban J connectivity index is 2.06. The summed E-state index contributed by atoms with van der Waals surface area (Å²) in [7, 11) is 0. The van der Waals surface area contributed by atoms with Crippen LogP contribution in [0.15, 0.2) is 0 Å². The maximum absolute atomic E-state index is 12.6. The number of amides is 1. The van der Waals surface area contributed by atoms with Crippen LogP contribution in [0.2, 0.25) is 0 Å². The van der Waals surface area contributed by atoms with Gasteiger partial charge in [0.1, 0.15) is 0 Å². The third-order valence-electron chi connectivity index (χ3n) is 4.19. The predicted octanol–water partition coefficient (Wildman–Crippen LogP) is 1.14. The van der Waals surface area contributed by atoms with E-state index in [0.29, 0.717) is 38.0 Å². The van der Waals surface area contributed by atoms with Crippen molar-refractivity contribution >= 4 is 5.91 Å². The standard InChI is InChI=1S/C13H24N2O2/c1-10-3-4-11(2)15(9-10)12(16)13(14)5-7-17-8-6-13/h10-11H,3-9,14H2,1-2H3. The highest BCUT2D eigenvalue weighted by Gasteiger charge is 2.41. The van der Waals surface area contributed by atoms with Gasteiger partial charge in [-0.15, -0.1) is 0 Å². The van der Waals surface area contributed by atoms with Crippen LogP contribution in [0.1, 0.15) is 39.5 Å². The Labute approximate surface area is 103 Å². The Morgan fingerprint density at radius 3 is 2.59 bits per heavy atom. The minimum absolute atomic E-state index is 0.139. The smallest absolute Gasteiger partial charge is 0.243 e. The molecule has 98 valence electrons. The fourth-order valence-electron chi connectivity index (χ4n) is 2.81. The molecule has 0 aliphatic carbocycles. The third kappa shape index (κ3) is 2.63. The fraction of sp³-hybridized carbons (Fsp3) is 0.923. The van der Waals surface area contributed by atoms with Gasteiger partial charge in [0.05, 0.1) is 5.54 Å². The van der Waals surface area contributed by atoms with E-state index in [2.05, 4.69) is 13.8 Å². The summed E-state index contributed by atoms with van der Waals surface area (Å²) >= 11 is 0. The fourth-order valence-corrected chi connectivity index (χ4v) is 2.81. The van der Waals surface area contributed by atoms with Crippen molar-refractivity contribution in [1.29, 1.82) is 0 Å². The molecule has 2 N–H and O–H groups in total. The van der Waals surface area contributed by atoms with Gasteiger partial charge in [0, 0.05) is 25.8 Å². The monoisotopic (exact) mass is 240 g/mol. The molecule has 1 amide bonds. The lowest BCUT2D eigenvalue weighted by atomic mass is 9.86. The summed E-state index contributed by atoms with van der Waals surface area (Å²) < 4.78 is 5.30. The number of nitrogens with zero attached hydrogens (tertiary/aromatic N) is 1. The van der Waals surface area contributed by atoms with Crippen LogP contribution in [0.4, 0.5) is 0 Å². The van der Waals surface area contributed by atoms with E-state index in [1.165, 1.54) is 6.42 Å². The van der Waals surface area contributed by atoms with Gasteiger partial charge in [-0.3, -0.25) is 4.79 Å². The summed E-state index contributed by atoms with van der Waals surface area (Å²) in [6, 6.07) is 0.335. The molecule has 0 spiro atoms. The zero-order valence-electron chi connectivity index (χ0n) is 10.9. The summed E-state index contributed by atoms with van der Waals surface area (Å²) in [4.78, 5) is 14.6. The molecule has 4 nitrogen and oxygen atoms in total. The summed E-state index contributed by atoms with van der Waals surface area (Å²) in [5.74, 6) is 0.735. The number of hydrogen-bond donors (Lipinski definition) is 1. The SMILES string of the molecule is CC1CCC(C)N(C(=O)C2(N)CCOCC2)C1. The molecule has 0 aromatic rings. The van der Waals surface area contributed by atoms with E-state index in [1.54, 1.807) is 0 Å². The van der Waals surface area contributed by atoms with E-state index < -0.39 is 5.54 Å². The number of likely N-dealkylation sites (tertiary alicyclic amines) is 1. The molecule has 17 heavy (non-hydrogen) atoms. The highest BCUT2D eigenvalue weighted by molar-refractivity contribution is 5.86. The van der Waals surface area contributed by atoms with Crippen molar-refractivity contribution in [3.8, 4) is 0 Å². The number of piperidine rings is 1. The van der Waals surface area contributed by atoms with E-state index in [-0.39, 0.29) is 5.91 Å². The second-order valence-corrected chi connectivity index (χ2v) is 5.76. The zero-order valence-corrected chi connectivity index (χ0v) is 10.9. The Hall–Kier alpha value is -0.610. The van der Waals surface area contributed by atoms with Gasteiger partial charge >= 0.3 is 0 Å². The first-order valence-electron chi connectivity index (χ1n) is 6.70. The van der Waals surface area contributed by atoms with Crippen LogP contribution < -0.4 is 5.73 Å². The van der Waals surface area contributed by atoms with E-state index in [4.69, 9.17) is 10.5 Å². The molecule has 4 heteroatoms. The van der Waals surface area contributed by atoms with Gasteiger partial charge in [-0.25, -0.2) is 0 Å². The molecule has 2 saturated heterocycles. The summed E-state index contributed by atoms with van der Waals surface area (Å²) in [6.07, 6.45) is 3.62. The molecule has 2 aliphatic rings. The molecule has 0 bridgehead atoms. The number of ether oxygens (including phenoxy) is 1. The maximum atomic E-state index is 12.6. The largest absolute Gasteiger partial charge is 0.381 e. The van der Waals surface area contributed by atoms with Crippen molar-refractivity contribution in [2.24, 2.45) is 11.7 Å². The Kier molecular flexibility index (Phi) is 3.73. The Bertz CT molecular complexity index is 287. The zero-order chi connectivity index (χ0) is 12.5. The predicted molar refractivity (Wildman–Crippen MR) is 66.5 cm³/mol. The summed E-state index contributed by atoms with van der Waals surface area (Å²) in [5, 5.41) is 0. The number of rotatable bonds is 1. The van der Waals surface area contributed by atoms with Crippen molar-refractivity contribution in [3.63, 3.8) is 0 Å². The second-order valence-electron chi connectivity index (χ2n) is 5.76. The number of nitrogens with two attached hydrogens (primary N) is 1. The van der Waals surface area contributed by atoms with E-state index >= 15 is 0 Å². The number of carbonyl (C=O) groups excluding carboxylic acids is 1. The molecule has 2 unspecified atom stereocenters.